The molecule has 2 aromatic heterocycles. The van der Waals surface area contributed by atoms with Gasteiger partial charge in [0.1, 0.15) is 29.1 Å². The Labute approximate surface area is 178 Å². The van der Waals surface area contributed by atoms with Crippen LogP contribution in [-0.4, -0.2) is 40.7 Å². The molecule has 1 saturated heterocycles. The maximum Gasteiger partial charge on any atom is 0.417 e. The highest BCUT2D eigenvalue weighted by atomic mass is 19.4. The molecule has 0 aliphatic carbocycles. The van der Waals surface area contributed by atoms with Gasteiger partial charge >= 0.3 is 6.18 Å². The summed E-state index contributed by atoms with van der Waals surface area (Å²) in [5.74, 6) is -2.16. The molecule has 1 aliphatic heterocycles. The normalized spacial score (nSPS) is 25.8. The van der Waals surface area contributed by atoms with Crippen molar-refractivity contribution in [2.75, 3.05) is 5.32 Å². The van der Waals surface area contributed by atoms with Crippen molar-refractivity contribution in [2.45, 2.75) is 44.2 Å². The van der Waals surface area contributed by atoms with Crippen LogP contribution in [-0.2, 0) is 10.3 Å². The van der Waals surface area contributed by atoms with Crippen LogP contribution in [0.1, 0.15) is 34.2 Å². The van der Waals surface area contributed by atoms with Gasteiger partial charge in [0.2, 0.25) is 0 Å². The molecule has 3 heterocycles. The molecule has 0 aromatic carbocycles. The van der Waals surface area contributed by atoms with Crippen LogP contribution in [0.25, 0.3) is 0 Å². The van der Waals surface area contributed by atoms with E-state index < -0.39 is 47.8 Å². The van der Waals surface area contributed by atoms with Crippen molar-refractivity contribution in [1.29, 1.82) is 5.26 Å². The van der Waals surface area contributed by atoms with Crippen LogP contribution < -0.4 is 16.4 Å². The molecule has 8 nitrogen and oxygen atoms in total. The van der Waals surface area contributed by atoms with E-state index in [4.69, 9.17) is 11.0 Å². The van der Waals surface area contributed by atoms with Crippen molar-refractivity contribution in [3.05, 3.63) is 52.7 Å². The monoisotopic (exact) mass is 456 g/mol. The average molecular weight is 456 g/mol. The Morgan fingerprint density at radius 1 is 1.41 bits per heavy atom. The molecular weight excluding hydrogens is 439 g/mol. The lowest BCUT2D eigenvalue weighted by atomic mass is 9.86. The van der Waals surface area contributed by atoms with Gasteiger partial charge in [0.25, 0.3) is 5.91 Å². The van der Waals surface area contributed by atoms with Crippen LogP contribution in [0.15, 0.2) is 24.4 Å². The van der Waals surface area contributed by atoms with Crippen molar-refractivity contribution in [3.8, 4) is 6.07 Å². The number of hydrogen-bond donors (Lipinski definition) is 3. The average Bonchev–Trinajstić information content (AvgIpc) is 2.70. The maximum atomic E-state index is 14.9. The SMILES string of the molecule is Cc1cc(C#N)cnc1C(=O)Nc1ccc(F)c([C@@]2(C)NC(N)O[C@H](C(F)(F)F)[C@@H]2F)n1. The van der Waals surface area contributed by atoms with Crippen LogP contribution in [0, 0.1) is 24.1 Å². The summed E-state index contributed by atoms with van der Waals surface area (Å²) in [4.78, 5) is 20.2. The highest BCUT2D eigenvalue weighted by molar-refractivity contribution is 6.03. The fraction of sp³-hybridized carbons (Fsp3) is 0.368. The fourth-order valence-electron chi connectivity index (χ4n) is 3.31. The Kier molecular flexibility index (Phi) is 6.14. The molecule has 0 saturated carbocycles. The van der Waals surface area contributed by atoms with Crippen LogP contribution in [0.4, 0.5) is 27.8 Å². The predicted molar refractivity (Wildman–Crippen MR) is 100 cm³/mol. The van der Waals surface area contributed by atoms with Crippen LogP contribution in [0.2, 0.25) is 0 Å². The molecule has 0 radical (unpaired) electrons. The minimum atomic E-state index is -5.11. The summed E-state index contributed by atoms with van der Waals surface area (Å²) in [6, 6.07) is 5.16. The Bertz CT molecular complexity index is 1090. The van der Waals surface area contributed by atoms with Gasteiger partial charge in [-0.05, 0) is 37.6 Å². The number of nitrogens with zero attached hydrogens (tertiary/aromatic N) is 3. The van der Waals surface area contributed by atoms with E-state index in [0.29, 0.717) is 5.56 Å². The number of aryl methyl sites for hydroxylation is 1. The van der Waals surface area contributed by atoms with E-state index in [1.54, 1.807) is 0 Å². The molecule has 4 atom stereocenters. The highest BCUT2D eigenvalue weighted by Gasteiger charge is 2.59. The van der Waals surface area contributed by atoms with E-state index in [1.165, 1.54) is 19.2 Å². The maximum absolute atomic E-state index is 14.9. The van der Waals surface area contributed by atoms with Gasteiger partial charge in [-0.15, -0.1) is 0 Å². The number of pyridine rings is 2. The molecular formula is C19H17F5N6O2. The summed E-state index contributed by atoms with van der Waals surface area (Å²) >= 11 is 0. The number of carbonyl (C=O) groups excluding carboxylic acids is 1. The van der Waals surface area contributed by atoms with Crippen LogP contribution >= 0.6 is 0 Å². The molecule has 3 rings (SSSR count). The summed E-state index contributed by atoms with van der Waals surface area (Å²) < 4.78 is 73.5. The Balaban J connectivity index is 1.95. The summed E-state index contributed by atoms with van der Waals surface area (Å²) in [5.41, 5.74) is 2.90. The third-order valence-corrected chi connectivity index (χ3v) is 4.88. The van der Waals surface area contributed by atoms with Gasteiger partial charge in [0, 0.05) is 6.20 Å². The zero-order valence-corrected chi connectivity index (χ0v) is 16.7. The summed E-state index contributed by atoms with van der Waals surface area (Å²) in [7, 11) is 0. The first-order valence-electron chi connectivity index (χ1n) is 9.11. The van der Waals surface area contributed by atoms with Gasteiger partial charge in [-0.25, -0.2) is 18.7 Å². The lowest BCUT2D eigenvalue weighted by Crippen LogP contribution is -2.68. The number of hydrogen-bond acceptors (Lipinski definition) is 7. The number of amides is 1. The van der Waals surface area contributed by atoms with Gasteiger partial charge in [0.05, 0.1) is 11.1 Å². The number of nitrogens with one attached hydrogen (secondary N) is 2. The van der Waals surface area contributed by atoms with Crippen molar-refractivity contribution in [1.82, 2.24) is 15.3 Å². The van der Waals surface area contributed by atoms with Gasteiger partial charge in [-0.2, -0.15) is 18.4 Å². The zero-order valence-electron chi connectivity index (χ0n) is 16.7. The first kappa shape index (κ1) is 23.5. The molecule has 13 heteroatoms. The topological polar surface area (TPSA) is 126 Å². The minimum absolute atomic E-state index is 0.0606. The van der Waals surface area contributed by atoms with Gasteiger partial charge in [-0.3, -0.25) is 15.8 Å². The van der Waals surface area contributed by atoms with E-state index in [1.807, 2.05) is 6.07 Å². The zero-order chi connectivity index (χ0) is 23.8. The van der Waals surface area contributed by atoms with Gasteiger partial charge in [-0.1, -0.05) is 0 Å². The quantitative estimate of drug-likeness (QED) is 0.606. The number of nitriles is 1. The second-order valence-corrected chi connectivity index (χ2v) is 7.25. The Morgan fingerprint density at radius 2 is 2.09 bits per heavy atom. The molecule has 1 aliphatic rings. The number of anilines is 1. The number of aromatic nitrogens is 2. The smallest absolute Gasteiger partial charge is 0.334 e. The third kappa shape index (κ3) is 4.38. The molecule has 1 fully saturated rings. The van der Waals surface area contributed by atoms with Crippen molar-refractivity contribution < 1.29 is 31.5 Å². The van der Waals surface area contributed by atoms with E-state index in [9.17, 15) is 26.7 Å². The largest absolute Gasteiger partial charge is 0.417 e. The molecule has 0 spiro atoms. The second kappa shape index (κ2) is 8.38. The molecule has 1 unspecified atom stereocenters. The highest BCUT2D eigenvalue weighted by Crippen LogP contribution is 2.40. The van der Waals surface area contributed by atoms with Crippen molar-refractivity contribution >= 4 is 11.7 Å². The second-order valence-electron chi connectivity index (χ2n) is 7.25. The molecule has 2 aromatic rings. The van der Waals surface area contributed by atoms with Gasteiger partial charge in [0.15, 0.2) is 18.6 Å². The fourth-order valence-corrected chi connectivity index (χ4v) is 3.31. The summed E-state index contributed by atoms with van der Waals surface area (Å²) in [6.07, 6.45) is -11.4. The van der Waals surface area contributed by atoms with E-state index in [-0.39, 0.29) is 17.1 Å². The molecule has 170 valence electrons. The van der Waals surface area contributed by atoms with Crippen molar-refractivity contribution in [2.24, 2.45) is 5.73 Å². The van der Waals surface area contributed by atoms with E-state index >= 15 is 0 Å². The predicted octanol–water partition coefficient (Wildman–Crippen LogP) is 2.39. The molecule has 1 amide bonds. The van der Waals surface area contributed by atoms with Crippen molar-refractivity contribution in [3.63, 3.8) is 0 Å². The minimum Gasteiger partial charge on any atom is -0.334 e. The first-order chi connectivity index (χ1) is 14.9. The Morgan fingerprint density at radius 3 is 2.69 bits per heavy atom. The first-order valence-corrected chi connectivity index (χ1v) is 9.11. The molecule has 4 N–H and O–H groups in total. The molecule has 0 bridgehead atoms. The number of carbonyl (C=O) groups is 1. The van der Waals surface area contributed by atoms with Gasteiger partial charge < -0.3 is 10.1 Å². The number of rotatable bonds is 3. The summed E-state index contributed by atoms with van der Waals surface area (Å²) in [6.45, 7) is 2.49. The third-order valence-electron chi connectivity index (χ3n) is 4.88. The van der Waals surface area contributed by atoms with Crippen LogP contribution in [0.3, 0.4) is 0 Å². The standard InChI is InChI=1S/C19H17F5N6O2/c1-8-5-9(6-25)7-27-12(8)16(31)29-11-4-3-10(20)14(28-11)18(2)13(21)15(19(22,23)24)32-17(26)30-18/h3-5,7,13,15,17,30H,26H2,1-2H3,(H,28,29,31)/t13-,15-,17?,18-/m0/s1. The molecule has 32 heavy (non-hydrogen) atoms. The number of halogens is 5. The lowest BCUT2D eigenvalue weighted by molar-refractivity contribution is -0.283. The van der Waals surface area contributed by atoms with E-state index in [2.05, 4.69) is 25.3 Å². The summed E-state index contributed by atoms with van der Waals surface area (Å²) in [5, 5.41) is 13.5. The Hall–Kier alpha value is -3.21. The van der Waals surface area contributed by atoms with Crippen LogP contribution in [0.5, 0.6) is 0 Å². The van der Waals surface area contributed by atoms with E-state index in [0.717, 1.165) is 19.1 Å². The number of nitrogens with two attached hydrogens (primary N) is 1. The number of ether oxygens (including phenoxy) is 1. The lowest BCUT2D eigenvalue weighted by Gasteiger charge is -2.45. The number of alkyl halides is 4.